The quantitative estimate of drug-likeness (QED) is 0.297. The highest BCUT2D eigenvalue weighted by atomic mass is 16.5. The lowest BCUT2D eigenvalue weighted by Gasteiger charge is -1.95. The molecule has 1 N–H and O–H groups in total. The van der Waals surface area contributed by atoms with Gasteiger partial charge in [0.05, 0.1) is 6.61 Å². The highest BCUT2D eigenvalue weighted by molar-refractivity contribution is 5.94. The molecular formula is C6H7N5O2. The van der Waals surface area contributed by atoms with Crippen molar-refractivity contribution in [2.75, 3.05) is 6.61 Å². The average Bonchev–Trinajstić information content (AvgIpc) is 2.54. The first-order valence-electron chi connectivity index (χ1n) is 3.55. The van der Waals surface area contributed by atoms with Crippen molar-refractivity contribution < 1.29 is 14.3 Å². The van der Waals surface area contributed by atoms with Crippen LogP contribution in [0.15, 0.2) is 0 Å². The lowest BCUT2D eigenvalue weighted by atomic mass is 10.3. The minimum Gasteiger partial charge on any atom is -0.461 e. The zero-order valence-electron chi connectivity index (χ0n) is 6.89. The van der Waals surface area contributed by atoms with Crippen LogP contribution in [0.2, 0.25) is 0 Å². The fraction of sp³-hybridized carbons (Fsp3) is 0.333. The van der Waals surface area contributed by atoms with Gasteiger partial charge in [0.1, 0.15) is 0 Å². The van der Waals surface area contributed by atoms with E-state index in [1.807, 2.05) is 0 Å². The van der Waals surface area contributed by atoms with E-state index < -0.39 is 5.97 Å². The van der Waals surface area contributed by atoms with Crippen LogP contribution in [0.4, 0.5) is 0 Å². The number of rotatable bonds is 3. The predicted molar refractivity (Wildman–Crippen MR) is 41.1 cm³/mol. The summed E-state index contributed by atoms with van der Waals surface area (Å²) in [5, 5.41) is 9.32. The van der Waals surface area contributed by atoms with Crippen molar-refractivity contribution in [2.45, 2.75) is 6.92 Å². The van der Waals surface area contributed by atoms with Crippen LogP contribution in [0.3, 0.4) is 0 Å². The van der Waals surface area contributed by atoms with Crippen LogP contribution in [-0.4, -0.2) is 39.0 Å². The number of aromatic amines is 1. The Bertz CT molecular complexity index is 352. The Labute approximate surface area is 73.3 Å². The fourth-order valence-electron chi connectivity index (χ4n) is 0.733. The second-order valence-corrected chi connectivity index (χ2v) is 2.02. The van der Waals surface area contributed by atoms with Crippen molar-refractivity contribution in [2.24, 2.45) is 0 Å². The van der Waals surface area contributed by atoms with E-state index in [1.165, 1.54) is 0 Å². The van der Waals surface area contributed by atoms with E-state index in [1.54, 1.807) is 6.92 Å². The molecule has 0 aliphatic rings. The molecule has 7 heteroatoms. The standard InChI is InChI=1S/C6H7N5O2/c1-2-13-6(12)5-4(3-8-7)9-11-10-5/h3H,2H2,1H3,(H,9,10,11). The Kier molecular flexibility index (Phi) is 2.88. The molecule has 1 aromatic rings. The lowest BCUT2D eigenvalue weighted by Crippen LogP contribution is -2.08. The molecule has 13 heavy (non-hydrogen) atoms. The van der Waals surface area contributed by atoms with Crippen molar-refractivity contribution in [3.8, 4) is 0 Å². The molecule has 0 aromatic carbocycles. The van der Waals surface area contributed by atoms with Crippen molar-refractivity contribution in [3.63, 3.8) is 0 Å². The second-order valence-electron chi connectivity index (χ2n) is 2.02. The van der Waals surface area contributed by atoms with Crippen LogP contribution < -0.4 is 0 Å². The summed E-state index contributed by atoms with van der Waals surface area (Å²) in [4.78, 5) is 13.8. The van der Waals surface area contributed by atoms with Gasteiger partial charge in [0.2, 0.25) is 11.4 Å². The maximum atomic E-state index is 11.1. The third-order valence-corrected chi connectivity index (χ3v) is 1.22. The van der Waals surface area contributed by atoms with Gasteiger partial charge in [-0.05, 0) is 6.92 Å². The van der Waals surface area contributed by atoms with Gasteiger partial charge in [0.25, 0.3) is 0 Å². The molecule has 1 aromatic heterocycles. The van der Waals surface area contributed by atoms with Crippen LogP contribution in [0.1, 0.15) is 23.1 Å². The molecule has 1 heterocycles. The summed E-state index contributed by atoms with van der Waals surface area (Å²) in [7, 11) is 0. The third kappa shape index (κ3) is 1.97. The van der Waals surface area contributed by atoms with Crippen molar-refractivity contribution >= 4 is 12.2 Å². The van der Waals surface area contributed by atoms with E-state index in [4.69, 9.17) is 5.53 Å². The van der Waals surface area contributed by atoms with Crippen LogP contribution in [0.25, 0.3) is 5.53 Å². The number of H-pyrrole nitrogens is 1. The number of hydrogen-bond acceptors (Lipinski definition) is 4. The van der Waals surface area contributed by atoms with Crippen LogP contribution in [0, 0.1) is 0 Å². The number of nitrogens with zero attached hydrogens (tertiary/aromatic N) is 4. The van der Waals surface area contributed by atoms with E-state index in [-0.39, 0.29) is 18.0 Å². The normalized spacial score (nSPS) is 9.00. The zero-order valence-corrected chi connectivity index (χ0v) is 6.89. The van der Waals surface area contributed by atoms with E-state index in [0.29, 0.717) is 0 Å². The molecule has 0 saturated carbocycles. The van der Waals surface area contributed by atoms with Crippen LogP contribution in [-0.2, 0) is 4.74 Å². The molecule has 0 radical (unpaired) electrons. The molecule has 0 spiro atoms. The molecule has 0 amide bonds. The van der Waals surface area contributed by atoms with Crippen molar-refractivity contribution in [1.29, 1.82) is 0 Å². The molecule has 0 saturated heterocycles. The molecule has 1 rings (SSSR count). The first-order chi connectivity index (χ1) is 6.29. The highest BCUT2D eigenvalue weighted by Gasteiger charge is 2.18. The monoisotopic (exact) mass is 181 g/mol. The molecule has 0 bridgehead atoms. The molecule has 7 nitrogen and oxygen atoms in total. The Morgan fingerprint density at radius 1 is 1.77 bits per heavy atom. The summed E-state index contributed by atoms with van der Waals surface area (Å²) in [5.41, 5.74) is 8.35. The van der Waals surface area contributed by atoms with E-state index in [9.17, 15) is 4.79 Å². The highest BCUT2D eigenvalue weighted by Crippen LogP contribution is 1.99. The third-order valence-electron chi connectivity index (χ3n) is 1.22. The summed E-state index contributed by atoms with van der Waals surface area (Å²) < 4.78 is 4.67. The van der Waals surface area contributed by atoms with Gasteiger partial charge in [-0.2, -0.15) is 10.0 Å². The summed E-state index contributed by atoms with van der Waals surface area (Å²) in [6.45, 7) is 1.93. The molecule has 0 atom stereocenters. The predicted octanol–water partition coefficient (Wildman–Crippen LogP) is -0.370. The molecule has 0 unspecified atom stereocenters. The number of carbonyl (C=O) groups is 1. The van der Waals surface area contributed by atoms with Crippen molar-refractivity contribution in [3.05, 3.63) is 16.9 Å². The lowest BCUT2D eigenvalue weighted by molar-refractivity contribution is 0.00405. The van der Waals surface area contributed by atoms with Gasteiger partial charge >= 0.3 is 12.2 Å². The second kappa shape index (κ2) is 4.13. The number of hydrogen-bond donors (Lipinski definition) is 1. The maximum Gasteiger partial charge on any atom is 0.361 e. The Balaban J connectivity index is 2.93. The zero-order chi connectivity index (χ0) is 9.68. The average molecular weight is 181 g/mol. The van der Waals surface area contributed by atoms with Gasteiger partial charge in [-0.15, -0.1) is 10.2 Å². The summed E-state index contributed by atoms with van der Waals surface area (Å²) >= 11 is 0. The smallest absolute Gasteiger partial charge is 0.361 e. The van der Waals surface area contributed by atoms with Gasteiger partial charge in [0.15, 0.2) is 0 Å². The Hall–Kier alpha value is -2.01. The molecule has 0 aliphatic heterocycles. The molecular weight excluding hydrogens is 174 g/mol. The Morgan fingerprint density at radius 3 is 3.15 bits per heavy atom. The molecule has 0 aliphatic carbocycles. The van der Waals surface area contributed by atoms with Crippen molar-refractivity contribution in [1.82, 2.24) is 15.4 Å². The number of esters is 1. The minimum atomic E-state index is -0.605. The van der Waals surface area contributed by atoms with Gasteiger partial charge in [0, 0.05) is 0 Å². The topological polar surface area (TPSA) is 104 Å². The first-order valence-corrected chi connectivity index (χ1v) is 3.55. The number of carbonyl (C=O) groups excluding carboxylic acids is 1. The van der Waals surface area contributed by atoms with Crippen LogP contribution >= 0.6 is 0 Å². The summed E-state index contributed by atoms with van der Waals surface area (Å²) in [6, 6.07) is 0. The van der Waals surface area contributed by atoms with E-state index in [0.717, 1.165) is 6.21 Å². The Morgan fingerprint density at radius 2 is 2.54 bits per heavy atom. The summed E-state index contributed by atoms with van der Waals surface area (Å²) in [6.07, 6.45) is 0.996. The fourth-order valence-corrected chi connectivity index (χ4v) is 0.733. The SMILES string of the molecule is CCOC(=O)c1n[nH]nc1C=[N+]=[N-]. The van der Waals surface area contributed by atoms with E-state index in [2.05, 4.69) is 24.9 Å². The van der Waals surface area contributed by atoms with Gasteiger partial charge in [-0.25, -0.2) is 4.79 Å². The van der Waals surface area contributed by atoms with Crippen LogP contribution in [0.5, 0.6) is 0 Å². The largest absolute Gasteiger partial charge is 0.461 e. The maximum absolute atomic E-state index is 11.1. The minimum absolute atomic E-state index is 0.000324. The molecule has 0 fully saturated rings. The van der Waals surface area contributed by atoms with Gasteiger partial charge in [-0.3, -0.25) is 0 Å². The number of aromatic nitrogens is 3. The van der Waals surface area contributed by atoms with Gasteiger partial charge < -0.3 is 10.3 Å². The summed E-state index contributed by atoms with van der Waals surface area (Å²) in [5.74, 6) is -0.605. The molecule has 68 valence electrons. The van der Waals surface area contributed by atoms with Gasteiger partial charge in [-0.1, -0.05) is 0 Å². The number of nitrogens with one attached hydrogen (secondary N) is 1. The number of ether oxygens (including phenoxy) is 1. The first kappa shape index (κ1) is 9.08. The van der Waals surface area contributed by atoms with E-state index >= 15 is 0 Å².